The number of hydrazine groups is 1. The van der Waals surface area contributed by atoms with Gasteiger partial charge in [0.15, 0.2) is 0 Å². The zero-order valence-electron chi connectivity index (χ0n) is 6.07. The molecular formula is C6H10ClN3O. The minimum atomic E-state index is 0. The molecule has 3 N–H and O–H groups in total. The Morgan fingerprint density at radius 1 is 1.64 bits per heavy atom. The maximum absolute atomic E-state index is 5.14. The van der Waals surface area contributed by atoms with Crippen molar-refractivity contribution in [3.63, 3.8) is 0 Å². The van der Waals surface area contributed by atoms with E-state index in [2.05, 4.69) is 10.4 Å². The number of nitrogen functional groups attached to an aromatic ring is 1. The van der Waals surface area contributed by atoms with Crippen LogP contribution >= 0.6 is 12.4 Å². The summed E-state index contributed by atoms with van der Waals surface area (Å²) in [4.78, 5) is 3.89. The molecule has 1 heterocycles. The molecule has 0 fully saturated rings. The second-order valence-corrected chi connectivity index (χ2v) is 1.73. The Kier molecular flexibility index (Phi) is 4.33. The van der Waals surface area contributed by atoms with Crippen LogP contribution in [0.5, 0.6) is 5.88 Å². The van der Waals surface area contributed by atoms with Crippen molar-refractivity contribution < 1.29 is 4.74 Å². The lowest BCUT2D eigenvalue weighted by molar-refractivity contribution is 0.398. The number of ether oxygens (including phenoxy) is 1. The third-order valence-electron chi connectivity index (χ3n) is 1.11. The highest BCUT2D eigenvalue weighted by Gasteiger charge is 1.91. The van der Waals surface area contributed by atoms with Gasteiger partial charge in [0, 0.05) is 12.3 Å². The first-order valence-corrected chi connectivity index (χ1v) is 2.83. The highest BCUT2D eigenvalue weighted by molar-refractivity contribution is 5.85. The fraction of sp³-hybridized carbons (Fsp3) is 0.167. The van der Waals surface area contributed by atoms with Gasteiger partial charge in [-0.25, -0.2) is 4.98 Å². The van der Waals surface area contributed by atoms with Crippen molar-refractivity contribution >= 4 is 18.1 Å². The third kappa shape index (κ3) is 2.61. The predicted molar refractivity (Wildman–Crippen MR) is 45.8 cm³/mol. The van der Waals surface area contributed by atoms with Crippen LogP contribution in [0.25, 0.3) is 0 Å². The molecular weight excluding hydrogens is 166 g/mol. The summed E-state index contributed by atoms with van der Waals surface area (Å²) >= 11 is 0. The topological polar surface area (TPSA) is 60.2 Å². The van der Waals surface area contributed by atoms with Crippen molar-refractivity contribution in [2.75, 3.05) is 12.5 Å². The normalized spacial score (nSPS) is 8.18. The van der Waals surface area contributed by atoms with E-state index in [4.69, 9.17) is 10.6 Å². The molecule has 0 aromatic carbocycles. The molecule has 0 atom stereocenters. The molecule has 5 heteroatoms. The van der Waals surface area contributed by atoms with Crippen molar-refractivity contribution in [1.82, 2.24) is 4.98 Å². The highest BCUT2D eigenvalue weighted by Crippen LogP contribution is 2.11. The van der Waals surface area contributed by atoms with E-state index >= 15 is 0 Å². The fourth-order valence-electron chi connectivity index (χ4n) is 0.611. The lowest BCUT2D eigenvalue weighted by Crippen LogP contribution is -2.06. The minimum absolute atomic E-state index is 0. The largest absolute Gasteiger partial charge is 0.481 e. The van der Waals surface area contributed by atoms with Crippen LogP contribution in [0.1, 0.15) is 0 Å². The van der Waals surface area contributed by atoms with Gasteiger partial charge in [-0.3, -0.25) is 5.84 Å². The first kappa shape index (κ1) is 10.0. The smallest absolute Gasteiger partial charge is 0.215 e. The van der Waals surface area contributed by atoms with Crippen LogP contribution in [0.15, 0.2) is 18.3 Å². The summed E-state index contributed by atoms with van der Waals surface area (Å²) in [5, 5.41) is 0. The SMILES string of the molecule is COc1cc(NN)ccn1.Cl. The number of pyridine rings is 1. The summed E-state index contributed by atoms with van der Waals surface area (Å²) < 4.78 is 4.85. The molecule has 0 aliphatic rings. The molecule has 0 spiro atoms. The number of anilines is 1. The van der Waals surface area contributed by atoms with Crippen LogP contribution in [0.2, 0.25) is 0 Å². The van der Waals surface area contributed by atoms with Gasteiger partial charge in [0.05, 0.1) is 12.8 Å². The van der Waals surface area contributed by atoms with Crippen LogP contribution in [0.4, 0.5) is 5.69 Å². The van der Waals surface area contributed by atoms with Gasteiger partial charge in [-0.05, 0) is 6.07 Å². The number of halogens is 1. The summed E-state index contributed by atoms with van der Waals surface area (Å²) in [6.07, 6.45) is 1.62. The third-order valence-corrected chi connectivity index (χ3v) is 1.11. The monoisotopic (exact) mass is 175 g/mol. The quantitative estimate of drug-likeness (QED) is 0.516. The van der Waals surface area contributed by atoms with Crippen molar-refractivity contribution in [3.05, 3.63) is 18.3 Å². The molecule has 1 aromatic heterocycles. The average molecular weight is 176 g/mol. The molecule has 0 aliphatic carbocycles. The minimum Gasteiger partial charge on any atom is -0.481 e. The van der Waals surface area contributed by atoms with E-state index in [1.165, 1.54) is 0 Å². The number of nitrogens with zero attached hydrogens (tertiary/aromatic N) is 1. The zero-order chi connectivity index (χ0) is 7.40. The summed E-state index contributed by atoms with van der Waals surface area (Å²) in [6.45, 7) is 0. The summed E-state index contributed by atoms with van der Waals surface area (Å²) in [6, 6.07) is 3.46. The van der Waals surface area contributed by atoms with Gasteiger partial charge in [-0.1, -0.05) is 0 Å². The van der Waals surface area contributed by atoms with E-state index in [1.807, 2.05) is 0 Å². The molecule has 0 aliphatic heterocycles. The van der Waals surface area contributed by atoms with Crippen LogP contribution in [0, 0.1) is 0 Å². The zero-order valence-corrected chi connectivity index (χ0v) is 6.89. The Morgan fingerprint density at radius 3 is 2.91 bits per heavy atom. The van der Waals surface area contributed by atoms with Crippen molar-refractivity contribution in [1.29, 1.82) is 0 Å². The Morgan fingerprint density at radius 2 is 2.36 bits per heavy atom. The van der Waals surface area contributed by atoms with Crippen molar-refractivity contribution in [3.8, 4) is 5.88 Å². The van der Waals surface area contributed by atoms with Crippen LogP contribution in [-0.4, -0.2) is 12.1 Å². The average Bonchev–Trinajstić information content (AvgIpc) is 2.05. The van der Waals surface area contributed by atoms with Crippen LogP contribution in [0.3, 0.4) is 0 Å². The number of rotatable bonds is 2. The lowest BCUT2D eigenvalue weighted by Gasteiger charge is -2.00. The molecule has 62 valence electrons. The van der Waals surface area contributed by atoms with E-state index in [1.54, 1.807) is 25.4 Å². The maximum atomic E-state index is 5.14. The van der Waals surface area contributed by atoms with Crippen LogP contribution < -0.4 is 16.0 Å². The van der Waals surface area contributed by atoms with E-state index in [-0.39, 0.29) is 12.4 Å². The van der Waals surface area contributed by atoms with Gasteiger partial charge in [-0.15, -0.1) is 12.4 Å². The van der Waals surface area contributed by atoms with Crippen molar-refractivity contribution in [2.45, 2.75) is 0 Å². The standard InChI is InChI=1S/C6H9N3O.ClH/c1-10-6-4-5(9-7)2-3-8-6;/h2-4H,7H2,1H3,(H,8,9);1H. The van der Waals surface area contributed by atoms with E-state index in [9.17, 15) is 0 Å². The van der Waals surface area contributed by atoms with Gasteiger partial charge in [-0.2, -0.15) is 0 Å². The number of aromatic nitrogens is 1. The van der Waals surface area contributed by atoms with E-state index in [0.717, 1.165) is 5.69 Å². The van der Waals surface area contributed by atoms with Gasteiger partial charge >= 0.3 is 0 Å². The molecule has 0 radical (unpaired) electrons. The van der Waals surface area contributed by atoms with E-state index in [0.29, 0.717) is 5.88 Å². The molecule has 1 rings (SSSR count). The second kappa shape index (κ2) is 4.76. The molecule has 0 saturated carbocycles. The van der Waals surface area contributed by atoms with Gasteiger partial charge < -0.3 is 10.2 Å². The molecule has 4 nitrogen and oxygen atoms in total. The summed E-state index contributed by atoms with van der Waals surface area (Å²) in [5.41, 5.74) is 3.27. The summed E-state index contributed by atoms with van der Waals surface area (Å²) in [7, 11) is 1.56. The Labute approximate surface area is 71.1 Å². The van der Waals surface area contributed by atoms with Gasteiger partial charge in [0.1, 0.15) is 0 Å². The van der Waals surface area contributed by atoms with Crippen LogP contribution in [-0.2, 0) is 0 Å². The molecule has 1 aromatic rings. The molecule has 0 saturated heterocycles. The number of hydrogen-bond acceptors (Lipinski definition) is 4. The lowest BCUT2D eigenvalue weighted by atomic mass is 10.4. The van der Waals surface area contributed by atoms with Gasteiger partial charge in [0.25, 0.3) is 0 Å². The van der Waals surface area contributed by atoms with Gasteiger partial charge in [0.2, 0.25) is 5.88 Å². The Balaban J connectivity index is 0.000001000. The maximum Gasteiger partial charge on any atom is 0.215 e. The van der Waals surface area contributed by atoms with Crippen molar-refractivity contribution in [2.24, 2.45) is 5.84 Å². The Bertz CT molecular complexity index is 199. The second-order valence-electron chi connectivity index (χ2n) is 1.73. The molecule has 0 bridgehead atoms. The number of hydrogen-bond donors (Lipinski definition) is 2. The van der Waals surface area contributed by atoms with E-state index < -0.39 is 0 Å². The summed E-state index contributed by atoms with van der Waals surface area (Å²) in [5.74, 6) is 5.69. The first-order valence-electron chi connectivity index (χ1n) is 2.83. The predicted octanol–water partition coefficient (Wildman–Crippen LogP) is 0.798. The number of methoxy groups -OCH3 is 1. The number of nitrogens with two attached hydrogens (primary N) is 1. The molecule has 11 heavy (non-hydrogen) atoms. The molecule has 0 unspecified atom stereocenters. The highest BCUT2D eigenvalue weighted by atomic mass is 35.5. The molecule has 0 amide bonds. The number of nitrogens with one attached hydrogen (secondary N) is 1. The fourth-order valence-corrected chi connectivity index (χ4v) is 0.611. The first-order chi connectivity index (χ1) is 4.86. The Hall–Kier alpha value is -1.00.